The lowest BCUT2D eigenvalue weighted by molar-refractivity contribution is 0.0437. The van der Waals surface area contributed by atoms with E-state index in [2.05, 4.69) is 34.5 Å². The molecule has 0 aliphatic rings. The molecule has 0 saturated heterocycles. The van der Waals surface area contributed by atoms with Crippen molar-refractivity contribution >= 4 is 41.3 Å². The zero-order valence-electron chi connectivity index (χ0n) is 15.8. The Balaban J connectivity index is 0.00000338. The highest BCUT2D eigenvalue weighted by molar-refractivity contribution is 14.0. The number of guanidine groups is 1. The van der Waals surface area contributed by atoms with Crippen molar-refractivity contribution in [3.63, 3.8) is 0 Å². The van der Waals surface area contributed by atoms with Crippen LogP contribution >= 0.6 is 35.3 Å². The van der Waals surface area contributed by atoms with E-state index in [1.165, 1.54) is 10.6 Å². The molecule has 2 aromatic heterocycles. The molecule has 8 heteroatoms. The molecule has 0 radical (unpaired) electrons. The summed E-state index contributed by atoms with van der Waals surface area (Å²) >= 11 is 1.76. The number of nitrogens with zero attached hydrogens (tertiary/aromatic N) is 2. The third-order valence-electron chi connectivity index (χ3n) is 3.84. The molecule has 0 bridgehead atoms. The topological polar surface area (TPSA) is 82.7 Å². The molecule has 2 heterocycles. The lowest BCUT2D eigenvalue weighted by atomic mass is 10.0. The number of rotatable bonds is 8. The molecule has 0 aliphatic carbocycles. The van der Waals surface area contributed by atoms with Gasteiger partial charge in [-0.25, -0.2) is 9.98 Å². The quantitative estimate of drug-likeness (QED) is 0.300. The normalized spacial score (nSPS) is 13.8. The summed E-state index contributed by atoms with van der Waals surface area (Å²) in [6.45, 7) is 9.67. The molecule has 26 heavy (non-hydrogen) atoms. The number of aromatic nitrogens is 1. The number of aliphatic imine (C=N–C) groups is 1. The number of hydrogen-bond donors (Lipinski definition) is 3. The van der Waals surface area contributed by atoms with E-state index >= 15 is 0 Å². The number of furan rings is 1. The SMILES string of the molecule is CCNC(=NCC(C)(O)c1ccco1)NCCc1nc(CC)c(C)s1.I. The van der Waals surface area contributed by atoms with Crippen LogP contribution in [0.2, 0.25) is 0 Å². The van der Waals surface area contributed by atoms with Crippen molar-refractivity contribution in [1.29, 1.82) is 0 Å². The van der Waals surface area contributed by atoms with Crippen LogP contribution in [0.25, 0.3) is 0 Å². The van der Waals surface area contributed by atoms with Gasteiger partial charge in [-0.1, -0.05) is 6.92 Å². The molecular formula is C18H29IN4O2S. The van der Waals surface area contributed by atoms with Crippen LogP contribution < -0.4 is 10.6 Å². The Hall–Kier alpha value is -1.13. The van der Waals surface area contributed by atoms with Gasteiger partial charge in [0.25, 0.3) is 0 Å². The van der Waals surface area contributed by atoms with Gasteiger partial charge in [0.05, 0.1) is 23.5 Å². The summed E-state index contributed by atoms with van der Waals surface area (Å²) in [4.78, 5) is 10.4. The number of aryl methyl sites for hydroxylation is 2. The molecule has 3 N–H and O–H groups in total. The molecule has 1 atom stereocenters. The molecule has 6 nitrogen and oxygen atoms in total. The summed E-state index contributed by atoms with van der Waals surface area (Å²) in [6.07, 6.45) is 3.38. The van der Waals surface area contributed by atoms with Crippen LogP contribution in [0, 0.1) is 6.92 Å². The summed E-state index contributed by atoms with van der Waals surface area (Å²) in [5, 5.41) is 18.1. The largest absolute Gasteiger partial charge is 0.466 e. The first kappa shape index (κ1) is 22.9. The highest BCUT2D eigenvalue weighted by atomic mass is 127. The second-order valence-corrected chi connectivity index (χ2v) is 7.37. The van der Waals surface area contributed by atoms with E-state index in [4.69, 9.17) is 4.42 Å². The Labute approximate surface area is 176 Å². The van der Waals surface area contributed by atoms with Crippen LogP contribution in [-0.4, -0.2) is 35.7 Å². The molecule has 0 fully saturated rings. The maximum atomic E-state index is 10.5. The number of nitrogens with one attached hydrogen (secondary N) is 2. The van der Waals surface area contributed by atoms with Gasteiger partial charge in [0.1, 0.15) is 11.4 Å². The third-order valence-corrected chi connectivity index (χ3v) is 4.92. The molecule has 0 amide bonds. The minimum atomic E-state index is -1.13. The van der Waals surface area contributed by atoms with Gasteiger partial charge in [0, 0.05) is 24.4 Å². The van der Waals surface area contributed by atoms with Gasteiger partial charge in [-0.3, -0.25) is 0 Å². The Kier molecular flexibility index (Phi) is 9.59. The van der Waals surface area contributed by atoms with Gasteiger partial charge in [-0.05, 0) is 39.3 Å². The highest BCUT2D eigenvalue weighted by Gasteiger charge is 2.26. The van der Waals surface area contributed by atoms with Crippen LogP contribution in [0.5, 0.6) is 0 Å². The summed E-state index contributed by atoms with van der Waals surface area (Å²) in [7, 11) is 0. The van der Waals surface area contributed by atoms with Crippen molar-refractivity contribution < 1.29 is 9.52 Å². The summed E-state index contributed by atoms with van der Waals surface area (Å²) in [5.74, 6) is 1.19. The first-order valence-corrected chi connectivity index (χ1v) is 9.51. The molecule has 1 unspecified atom stereocenters. The van der Waals surface area contributed by atoms with Crippen molar-refractivity contribution in [1.82, 2.24) is 15.6 Å². The second-order valence-electron chi connectivity index (χ2n) is 6.09. The smallest absolute Gasteiger partial charge is 0.191 e. The van der Waals surface area contributed by atoms with Crippen LogP contribution in [0.3, 0.4) is 0 Å². The van der Waals surface area contributed by atoms with E-state index < -0.39 is 5.60 Å². The predicted molar refractivity (Wildman–Crippen MR) is 118 cm³/mol. The maximum absolute atomic E-state index is 10.5. The Bertz CT molecular complexity index is 683. The average Bonchev–Trinajstić information content (AvgIpc) is 3.22. The van der Waals surface area contributed by atoms with E-state index in [0.29, 0.717) is 11.7 Å². The van der Waals surface area contributed by atoms with E-state index in [1.807, 2.05) is 6.92 Å². The molecule has 0 spiro atoms. The zero-order chi connectivity index (χ0) is 18.3. The van der Waals surface area contributed by atoms with Crippen LogP contribution in [-0.2, 0) is 18.4 Å². The summed E-state index contributed by atoms with van der Waals surface area (Å²) in [6, 6.07) is 3.52. The fraction of sp³-hybridized carbons (Fsp3) is 0.556. The minimum Gasteiger partial charge on any atom is -0.466 e. The monoisotopic (exact) mass is 492 g/mol. The van der Waals surface area contributed by atoms with Crippen LogP contribution in [0.4, 0.5) is 0 Å². The number of aliphatic hydroxyl groups is 1. The summed E-state index contributed by atoms with van der Waals surface area (Å²) < 4.78 is 5.29. The maximum Gasteiger partial charge on any atom is 0.191 e. The Morgan fingerprint density at radius 1 is 1.38 bits per heavy atom. The van der Waals surface area contributed by atoms with E-state index in [-0.39, 0.29) is 30.5 Å². The van der Waals surface area contributed by atoms with E-state index in [0.717, 1.165) is 30.9 Å². The fourth-order valence-electron chi connectivity index (χ4n) is 2.45. The molecule has 2 aromatic rings. The van der Waals surface area contributed by atoms with E-state index in [1.54, 1.807) is 36.7 Å². The lowest BCUT2D eigenvalue weighted by Gasteiger charge is -2.19. The van der Waals surface area contributed by atoms with Crippen molar-refractivity contribution in [2.45, 2.75) is 46.1 Å². The van der Waals surface area contributed by atoms with Gasteiger partial charge in [0.2, 0.25) is 0 Å². The average molecular weight is 492 g/mol. The van der Waals surface area contributed by atoms with Crippen LogP contribution in [0.15, 0.2) is 27.8 Å². The van der Waals surface area contributed by atoms with E-state index in [9.17, 15) is 5.11 Å². The molecule has 0 aromatic carbocycles. The summed E-state index contributed by atoms with van der Waals surface area (Å²) in [5.41, 5.74) is 0.0592. The van der Waals surface area contributed by atoms with Gasteiger partial charge < -0.3 is 20.2 Å². The Morgan fingerprint density at radius 2 is 2.15 bits per heavy atom. The van der Waals surface area contributed by atoms with Gasteiger partial charge in [-0.15, -0.1) is 35.3 Å². The minimum absolute atomic E-state index is 0. The van der Waals surface area contributed by atoms with Crippen molar-refractivity contribution in [2.75, 3.05) is 19.6 Å². The second kappa shape index (κ2) is 10.9. The number of hydrogen-bond acceptors (Lipinski definition) is 5. The molecule has 0 saturated carbocycles. The third kappa shape index (κ3) is 6.55. The predicted octanol–water partition coefficient (Wildman–Crippen LogP) is 3.23. The zero-order valence-corrected chi connectivity index (χ0v) is 19.0. The first-order chi connectivity index (χ1) is 12.0. The van der Waals surface area contributed by atoms with Gasteiger partial charge in [-0.2, -0.15) is 0 Å². The number of thiazole rings is 1. The van der Waals surface area contributed by atoms with Gasteiger partial charge in [0.15, 0.2) is 5.96 Å². The molecular weight excluding hydrogens is 463 g/mol. The van der Waals surface area contributed by atoms with Gasteiger partial charge >= 0.3 is 0 Å². The van der Waals surface area contributed by atoms with Crippen molar-refractivity contribution in [2.24, 2.45) is 4.99 Å². The number of halogens is 1. The fourth-order valence-corrected chi connectivity index (χ4v) is 3.47. The molecule has 2 rings (SSSR count). The highest BCUT2D eigenvalue weighted by Crippen LogP contribution is 2.21. The Morgan fingerprint density at radius 3 is 2.73 bits per heavy atom. The standard InChI is InChI=1S/C18H28N4O2S.HI/c1-5-14-13(3)25-16(22-14)9-10-20-17(19-6-2)21-12-18(4,23)15-8-7-11-24-15;/h7-8,11,23H,5-6,9-10,12H2,1-4H3,(H2,19,20,21);1H. The molecule has 146 valence electrons. The lowest BCUT2D eigenvalue weighted by Crippen LogP contribution is -2.39. The van der Waals surface area contributed by atoms with Crippen LogP contribution in [0.1, 0.15) is 42.1 Å². The first-order valence-electron chi connectivity index (χ1n) is 8.70. The van der Waals surface area contributed by atoms with Crippen molar-refractivity contribution in [3.05, 3.63) is 39.7 Å². The molecule has 0 aliphatic heterocycles. The van der Waals surface area contributed by atoms with Crippen molar-refractivity contribution in [3.8, 4) is 0 Å².